The minimum Gasteiger partial charge on any atom is -0.489 e. The van der Waals surface area contributed by atoms with Gasteiger partial charge in [-0.3, -0.25) is 13.9 Å². The highest BCUT2D eigenvalue weighted by atomic mass is 79.9. The molecule has 2 amide bonds. The molecule has 0 bridgehead atoms. The minimum absolute atomic E-state index is 0.0604. The second-order valence-corrected chi connectivity index (χ2v) is 12.5. The van der Waals surface area contributed by atoms with Gasteiger partial charge in [0.05, 0.1) is 11.9 Å². The molecule has 214 valence electrons. The van der Waals surface area contributed by atoms with Crippen LogP contribution in [-0.2, 0) is 32.8 Å². The third kappa shape index (κ3) is 9.09. The number of nitrogens with one attached hydrogen (secondary N) is 1. The van der Waals surface area contributed by atoms with Gasteiger partial charge in [-0.2, -0.15) is 0 Å². The molecule has 3 aromatic carbocycles. The summed E-state index contributed by atoms with van der Waals surface area (Å²) in [6.07, 6.45) is 1.80. The number of benzene rings is 3. The molecule has 0 radical (unpaired) electrons. The van der Waals surface area contributed by atoms with Gasteiger partial charge in [0.2, 0.25) is 21.8 Å². The summed E-state index contributed by atoms with van der Waals surface area (Å²) >= 11 is 3.41. The van der Waals surface area contributed by atoms with E-state index in [-0.39, 0.29) is 18.5 Å². The Morgan fingerprint density at radius 2 is 1.55 bits per heavy atom. The Bertz CT molecular complexity index is 1370. The fraction of sp³-hybridized carbons (Fsp3) is 0.333. The molecule has 0 heterocycles. The van der Waals surface area contributed by atoms with E-state index in [4.69, 9.17) is 4.74 Å². The number of carbonyl (C=O) groups excluding carboxylic acids is 2. The van der Waals surface area contributed by atoms with Crippen LogP contribution in [0.15, 0.2) is 83.3 Å². The van der Waals surface area contributed by atoms with Crippen molar-refractivity contribution < 1.29 is 22.7 Å². The van der Waals surface area contributed by atoms with Gasteiger partial charge in [0.1, 0.15) is 24.9 Å². The Morgan fingerprint density at radius 3 is 2.12 bits per heavy atom. The molecule has 0 saturated heterocycles. The predicted octanol–water partition coefficient (Wildman–Crippen LogP) is 5.13. The lowest BCUT2D eigenvalue weighted by molar-refractivity contribution is -0.139. The smallest absolute Gasteiger partial charge is 0.244 e. The van der Waals surface area contributed by atoms with Gasteiger partial charge in [0, 0.05) is 17.1 Å². The average Bonchev–Trinajstić information content (AvgIpc) is 2.94. The number of amides is 2. The first-order valence-corrected chi connectivity index (χ1v) is 15.7. The number of hydrogen-bond donors (Lipinski definition) is 1. The molecule has 0 spiro atoms. The minimum atomic E-state index is -3.82. The standard InChI is InChI=1S/C30H36BrN3O5S/c1-5-22(2)32-30(36)23(3)33(19-24-11-13-26(31)14-12-24)29(35)20-34(40(4,37)38)27-15-17-28(18-16-27)39-21-25-9-7-6-8-10-25/h6-18,22-23H,5,19-21H2,1-4H3,(H,32,36)/t22-,23+/m1/s1. The van der Waals surface area contributed by atoms with E-state index in [9.17, 15) is 18.0 Å². The van der Waals surface area contributed by atoms with Crippen molar-refractivity contribution in [3.05, 3.63) is 94.5 Å². The van der Waals surface area contributed by atoms with E-state index in [0.717, 1.165) is 32.6 Å². The van der Waals surface area contributed by atoms with E-state index in [1.54, 1.807) is 31.2 Å². The highest BCUT2D eigenvalue weighted by Gasteiger charge is 2.30. The normalized spacial score (nSPS) is 12.7. The number of ether oxygens (including phenoxy) is 1. The molecule has 2 atom stereocenters. The zero-order valence-corrected chi connectivity index (χ0v) is 25.6. The Labute approximate surface area is 245 Å². The largest absolute Gasteiger partial charge is 0.489 e. The average molecular weight is 631 g/mol. The zero-order valence-electron chi connectivity index (χ0n) is 23.2. The number of rotatable bonds is 13. The molecule has 0 unspecified atom stereocenters. The molecule has 0 aliphatic heterocycles. The van der Waals surface area contributed by atoms with Crippen molar-refractivity contribution in [1.29, 1.82) is 0 Å². The molecule has 10 heteroatoms. The van der Waals surface area contributed by atoms with Crippen molar-refractivity contribution in [2.45, 2.75) is 52.4 Å². The maximum atomic E-state index is 13.7. The van der Waals surface area contributed by atoms with Crippen molar-refractivity contribution in [2.24, 2.45) is 0 Å². The summed E-state index contributed by atoms with van der Waals surface area (Å²) in [6, 6.07) is 22.8. The predicted molar refractivity (Wildman–Crippen MR) is 161 cm³/mol. The van der Waals surface area contributed by atoms with Gasteiger partial charge in [-0.15, -0.1) is 0 Å². The molecular weight excluding hydrogens is 594 g/mol. The molecular formula is C30H36BrN3O5S. The van der Waals surface area contributed by atoms with Crippen LogP contribution in [0.4, 0.5) is 5.69 Å². The second kappa shape index (κ2) is 14.3. The Kier molecular flexibility index (Phi) is 11.2. The van der Waals surface area contributed by atoms with Crippen LogP contribution in [0, 0.1) is 0 Å². The lowest BCUT2D eigenvalue weighted by Crippen LogP contribution is -2.52. The first-order valence-electron chi connectivity index (χ1n) is 13.1. The summed E-state index contributed by atoms with van der Waals surface area (Å²) in [4.78, 5) is 28.1. The summed E-state index contributed by atoms with van der Waals surface area (Å²) in [5.41, 5.74) is 2.14. The van der Waals surface area contributed by atoms with Crippen LogP contribution in [0.1, 0.15) is 38.3 Å². The fourth-order valence-electron chi connectivity index (χ4n) is 3.90. The first kappa shape index (κ1) is 31.2. The molecule has 0 aliphatic carbocycles. The van der Waals surface area contributed by atoms with E-state index in [2.05, 4.69) is 21.2 Å². The number of sulfonamides is 1. The molecule has 1 N–H and O–H groups in total. The molecule has 0 saturated carbocycles. The van der Waals surface area contributed by atoms with Gasteiger partial charge in [-0.25, -0.2) is 8.42 Å². The summed E-state index contributed by atoms with van der Waals surface area (Å²) in [6.45, 7) is 5.56. The van der Waals surface area contributed by atoms with Crippen LogP contribution in [-0.4, -0.2) is 50.0 Å². The first-order chi connectivity index (χ1) is 19.0. The quantitative estimate of drug-likeness (QED) is 0.283. The van der Waals surface area contributed by atoms with Gasteiger partial charge in [-0.05, 0) is 67.8 Å². The lowest BCUT2D eigenvalue weighted by atomic mass is 10.1. The third-order valence-electron chi connectivity index (χ3n) is 6.49. The van der Waals surface area contributed by atoms with Crippen molar-refractivity contribution in [3.8, 4) is 5.75 Å². The van der Waals surface area contributed by atoms with E-state index < -0.39 is 28.5 Å². The molecule has 40 heavy (non-hydrogen) atoms. The van der Waals surface area contributed by atoms with Gasteiger partial charge in [0.25, 0.3) is 0 Å². The van der Waals surface area contributed by atoms with Gasteiger partial charge in [-0.1, -0.05) is 65.3 Å². The van der Waals surface area contributed by atoms with Crippen LogP contribution in [0.2, 0.25) is 0 Å². The number of hydrogen-bond acceptors (Lipinski definition) is 5. The topological polar surface area (TPSA) is 96.0 Å². The summed E-state index contributed by atoms with van der Waals surface area (Å²) in [5.74, 6) is -0.227. The maximum Gasteiger partial charge on any atom is 0.244 e. The number of halogens is 1. The third-order valence-corrected chi connectivity index (χ3v) is 8.16. The monoisotopic (exact) mass is 629 g/mol. The van der Waals surface area contributed by atoms with Crippen LogP contribution < -0.4 is 14.4 Å². The van der Waals surface area contributed by atoms with E-state index in [0.29, 0.717) is 18.0 Å². The maximum absolute atomic E-state index is 13.7. The van der Waals surface area contributed by atoms with Crippen LogP contribution in [0.3, 0.4) is 0 Å². The van der Waals surface area contributed by atoms with Crippen LogP contribution in [0.25, 0.3) is 0 Å². The Morgan fingerprint density at radius 1 is 0.925 bits per heavy atom. The molecule has 0 aromatic heterocycles. The van der Waals surface area contributed by atoms with Crippen molar-refractivity contribution >= 4 is 43.5 Å². The van der Waals surface area contributed by atoms with E-state index in [1.165, 1.54) is 4.90 Å². The molecule has 0 fully saturated rings. The SMILES string of the molecule is CC[C@@H](C)NC(=O)[C@H](C)N(Cc1ccc(Br)cc1)C(=O)CN(c1ccc(OCc2ccccc2)cc1)S(C)(=O)=O. The van der Waals surface area contributed by atoms with Gasteiger partial charge in [0.15, 0.2) is 0 Å². The van der Waals surface area contributed by atoms with Crippen LogP contribution in [0.5, 0.6) is 5.75 Å². The highest BCUT2D eigenvalue weighted by Crippen LogP contribution is 2.23. The summed E-state index contributed by atoms with van der Waals surface area (Å²) in [7, 11) is -3.82. The fourth-order valence-corrected chi connectivity index (χ4v) is 5.01. The zero-order chi connectivity index (χ0) is 29.3. The van der Waals surface area contributed by atoms with Gasteiger partial charge >= 0.3 is 0 Å². The Hall–Kier alpha value is -3.37. The van der Waals surface area contributed by atoms with Crippen molar-refractivity contribution in [3.63, 3.8) is 0 Å². The van der Waals surface area contributed by atoms with Crippen molar-refractivity contribution in [1.82, 2.24) is 10.2 Å². The molecule has 3 aromatic rings. The Balaban J connectivity index is 1.81. The highest BCUT2D eigenvalue weighted by molar-refractivity contribution is 9.10. The number of nitrogens with zero attached hydrogens (tertiary/aromatic N) is 2. The molecule has 8 nitrogen and oxygen atoms in total. The lowest BCUT2D eigenvalue weighted by Gasteiger charge is -2.32. The molecule has 3 rings (SSSR count). The van der Waals surface area contributed by atoms with E-state index in [1.807, 2.05) is 68.4 Å². The van der Waals surface area contributed by atoms with Crippen molar-refractivity contribution in [2.75, 3.05) is 17.1 Å². The summed E-state index contributed by atoms with van der Waals surface area (Å²) < 4.78 is 33.4. The second-order valence-electron chi connectivity index (χ2n) is 9.68. The molecule has 0 aliphatic rings. The number of anilines is 1. The van der Waals surface area contributed by atoms with Crippen LogP contribution >= 0.6 is 15.9 Å². The van der Waals surface area contributed by atoms with Gasteiger partial charge < -0.3 is 15.0 Å². The summed E-state index contributed by atoms with van der Waals surface area (Å²) in [5, 5.41) is 2.92. The van der Waals surface area contributed by atoms with E-state index >= 15 is 0 Å². The number of carbonyl (C=O) groups is 2.